The van der Waals surface area contributed by atoms with Gasteiger partial charge in [0.25, 0.3) is 5.91 Å². The first-order chi connectivity index (χ1) is 7.79. The average Bonchev–Trinajstić information content (AvgIpc) is 3.11. The Labute approximate surface area is 104 Å². The average molecular weight is 280 g/mol. The molecule has 2 rings (SSSR count). The predicted octanol–water partition coefficient (Wildman–Crippen LogP) is 2.99. The van der Waals surface area contributed by atoms with Crippen LogP contribution in [-0.2, 0) is 0 Å². The maximum Gasteiger partial charge on any atom is 0.251 e. The zero-order chi connectivity index (χ0) is 11.4. The SMILES string of the molecule is O=C(NC1CC1)c1ccc(C=CCBr)cc1. The van der Waals surface area contributed by atoms with Crippen molar-refractivity contribution in [1.29, 1.82) is 0 Å². The van der Waals surface area contributed by atoms with E-state index in [9.17, 15) is 4.79 Å². The number of amides is 1. The van der Waals surface area contributed by atoms with Gasteiger partial charge in [-0.25, -0.2) is 0 Å². The van der Waals surface area contributed by atoms with Gasteiger partial charge < -0.3 is 5.32 Å². The Morgan fingerprint density at radius 3 is 2.62 bits per heavy atom. The smallest absolute Gasteiger partial charge is 0.251 e. The second-order valence-electron chi connectivity index (χ2n) is 3.93. The molecule has 1 aliphatic carbocycles. The van der Waals surface area contributed by atoms with Crippen LogP contribution in [0.5, 0.6) is 0 Å². The van der Waals surface area contributed by atoms with E-state index in [1.54, 1.807) is 0 Å². The van der Waals surface area contributed by atoms with Crippen molar-refractivity contribution < 1.29 is 4.79 Å². The van der Waals surface area contributed by atoms with E-state index in [-0.39, 0.29) is 5.91 Å². The third-order valence-corrected chi connectivity index (χ3v) is 2.86. The predicted molar refractivity (Wildman–Crippen MR) is 69.8 cm³/mol. The molecule has 2 nitrogen and oxygen atoms in total. The summed E-state index contributed by atoms with van der Waals surface area (Å²) in [5.74, 6) is 0.0403. The lowest BCUT2D eigenvalue weighted by molar-refractivity contribution is 0.0951. The molecule has 0 aromatic heterocycles. The van der Waals surface area contributed by atoms with E-state index in [1.807, 2.05) is 36.4 Å². The van der Waals surface area contributed by atoms with Crippen LogP contribution < -0.4 is 5.32 Å². The van der Waals surface area contributed by atoms with Crippen molar-refractivity contribution in [1.82, 2.24) is 5.32 Å². The van der Waals surface area contributed by atoms with E-state index in [0.29, 0.717) is 6.04 Å². The minimum Gasteiger partial charge on any atom is -0.349 e. The summed E-state index contributed by atoms with van der Waals surface area (Å²) in [6, 6.07) is 8.07. The molecule has 0 spiro atoms. The normalized spacial score (nSPS) is 15.3. The summed E-state index contributed by atoms with van der Waals surface area (Å²) in [6.07, 6.45) is 6.30. The standard InChI is InChI=1S/C13H14BrNO/c14-9-1-2-10-3-5-11(6-4-10)13(16)15-12-7-8-12/h1-6,12H,7-9H2,(H,15,16). The third kappa shape index (κ3) is 3.20. The van der Waals surface area contributed by atoms with E-state index >= 15 is 0 Å². The zero-order valence-corrected chi connectivity index (χ0v) is 10.5. The van der Waals surface area contributed by atoms with Gasteiger partial charge in [0.2, 0.25) is 0 Å². The molecule has 1 N–H and O–H groups in total. The Morgan fingerprint density at radius 2 is 2.06 bits per heavy atom. The van der Waals surface area contributed by atoms with E-state index in [4.69, 9.17) is 0 Å². The largest absolute Gasteiger partial charge is 0.349 e. The highest BCUT2D eigenvalue weighted by molar-refractivity contribution is 9.09. The molecule has 0 unspecified atom stereocenters. The first kappa shape index (κ1) is 11.4. The molecule has 3 heteroatoms. The maximum atomic E-state index is 11.7. The highest BCUT2D eigenvalue weighted by Crippen LogP contribution is 2.19. The van der Waals surface area contributed by atoms with Crippen LogP contribution in [0, 0.1) is 0 Å². The van der Waals surface area contributed by atoms with Gasteiger partial charge >= 0.3 is 0 Å². The molecule has 0 radical (unpaired) electrons. The summed E-state index contributed by atoms with van der Waals surface area (Å²) in [5.41, 5.74) is 1.85. The summed E-state index contributed by atoms with van der Waals surface area (Å²) in [7, 11) is 0. The van der Waals surface area contributed by atoms with Gasteiger partial charge in [0.05, 0.1) is 0 Å². The van der Waals surface area contributed by atoms with Crippen molar-refractivity contribution in [3.8, 4) is 0 Å². The van der Waals surface area contributed by atoms with Gasteiger partial charge in [-0.2, -0.15) is 0 Å². The number of benzene rings is 1. The first-order valence-electron chi connectivity index (χ1n) is 5.43. The molecular weight excluding hydrogens is 266 g/mol. The minimum absolute atomic E-state index is 0.0403. The molecule has 0 bridgehead atoms. The minimum atomic E-state index is 0.0403. The van der Waals surface area contributed by atoms with Crippen LogP contribution in [-0.4, -0.2) is 17.3 Å². The van der Waals surface area contributed by atoms with Gasteiger partial charge in [-0.3, -0.25) is 4.79 Å². The fourth-order valence-electron chi connectivity index (χ4n) is 1.42. The molecule has 1 saturated carbocycles. The summed E-state index contributed by atoms with van der Waals surface area (Å²) in [5, 5.41) is 3.81. The van der Waals surface area contributed by atoms with Gasteiger partial charge in [-0.05, 0) is 30.5 Å². The highest BCUT2D eigenvalue weighted by Gasteiger charge is 2.23. The Kier molecular flexibility index (Phi) is 3.78. The number of hydrogen-bond donors (Lipinski definition) is 1. The summed E-state index contributed by atoms with van der Waals surface area (Å²) in [4.78, 5) is 11.7. The summed E-state index contributed by atoms with van der Waals surface area (Å²) < 4.78 is 0. The first-order valence-corrected chi connectivity index (χ1v) is 6.55. The third-order valence-electron chi connectivity index (χ3n) is 2.48. The van der Waals surface area contributed by atoms with Gasteiger partial charge in [0, 0.05) is 16.9 Å². The fourth-order valence-corrected chi connectivity index (χ4v) is 1.61. The Balaban J connectivity index is 2.00. The number of carbonyl (C=O) groups excluding carboxylic acids is 1. The van der Waals surface area contributed by atoms with Crippen molar-refractivity contribution >= 4 is 27.9 Å². The highest BCUT2D eigenvalue weighted by atomic mass is 79.9. The van der Waals surface area contributed by atoms with Crippen molar-refractivity contribution in [3.05, 3.63) is 41.5 Å². The second-order valence-corrected chi connectivity index (χ2v) is 4.57. The number of nitrogens with one attached hydrogen (secondary N) is 1. The number of hydrogen-bond acceptors (Lipinski definition) is 1. The number of allylic oxidation sites excluding steroid dienone is 1. The van der Waals surface area contributed by atoms with E-state index in [1.165, 1.54) is 0 Å². The van der Waals surface area contributed by atoms with Crippen LogP contribution in [0.2, 0.25) is 0 Å². The van der Waals surface area contributed by atoms with Gasteiger partial charge in [-0.1, -0.05) is 40.2 Å². The van der Waals surface area contributed by atoms with Gasteiger partial charge in [-0.15, -0.1) is 0 Å². The Hall–Kier alpha value is -1.09. The fraction of sp³-hybridized carbons (Fsp3) is 0.308. The maximum absolute atomic E-state index is 11.7. The van der Waals surface area contributed by atoms with E-state index in [0.717, 1.165) is 29.3 Å². The molecule has 0 saturated heterocycles. The molecule has 84 valence electrons. The number of rotatable bonds is 4. The topological polar surface area (TPSA) is 29.1 Å². The summed E-state index contributed by atoms with van der Waals surface area (Å²) in [6.45, 7) is 0. The molecule has 16 heavy (non-hydrogen) atoms. The molecule has 0 heterocycles. The Bertz CT molecular complexity index is 393. The molecule has 1 aromatic carbocycles. The quantitative estimate of drug-likeness (QED) is 0.844. The second kappa shape index (κ2) is 5.30. The van der Waals surface area contributed by atoms with Crippen LogP contribution in [0.4, 0.5) is 0 Å². The monoisotopic (exact) mass is 279 g/mol. The van der Waals surface area contributed by atoms with Crippen LogP contribution in [0.3, 0.4) is 0 Å². The van der Waals surface area contributed by atoms with Crippen LogP contribution >= 0.6 is 15.9 Å². The summed E-state index contributed by atoms with van der Waals surface area (Å²) >= 11 is 3.33. The molecule has 1 amide bonds. The van der Waals surface area contributed by atoms with Crippen LogP contribution in [0.25, 0.3) is 6.08 Å². The van der Waals surface area contributed by atoms with Gasteiger partial charge in [0.15, 0.2) is 0 Å². The van der Waals surface area contributed by atoms with Crippen molar-refractivity contribution in [3.63, 3.8) is 0 Å². The van der Waals surface area contributed by atoms with Crippen molar-refractivity contribution in [2.24, 2.45) is 0 Å². The Morgan fingerprint density at radius 1 is 1.38 bits per heavy atom. The number of halogens is 1. The molecule has 1 fully saturated rings. The lowest BCUT2D eigenvalue weighted by Crippen LogP contribution is -2.25. The zero-order valence-electron chi connectivity index (χ0n) is 8.95. The van der Waals surface area contributed by atoms with E-state index in [2.05, 4.69) is 21.2 Å². The molecule has 0 atom stereocenters. The number of carbonyl (C=O) groups is 1. The lowest BCUT2D eigenvalue weighted by Gasteiger charge is -2.03. The molecule has 0 aliphatic heterocycles. The van der Waals surface area contributed by atoms with E-state index < -0.39 is 0 Å². The molecule has 1 aromatic rings. The van der Waals surface area contributed by atoms with Gasteiger partial charge in [0.1, 0.15) is 0 Å². The van der Waals surface area contributed by atoms with Crippen molar-refractivity contribution in [2.75, 3.05) is 5.33 Å². The molecular formula is C13H14BrNO. The lowest BCUT2D eigenvalue weighted by atomic mass is 10.1. The molecule has 1 aliphatic rings. The van der Waals surface area contributed by atoms with Crippen LogP contribution in [0.1, 0.15) is 28.8 Å². The van der Waals surface area contributed by atoms with Crippen molar-refractivity contribution in [2.45, 2.75) is 18.9 Å². The number of alkyl halides is 1. The van der Waals surface area contributed by atoms with Crippen LogP contribution in [0.15, 0.2) is 30.3 Å².